The van der Waals surface area contributed by atoms with Crippen molar-refractivity contribution in [2.24, 2.45) is 0 Å². The number of amides is 1. The summed E-state index contributed by atoms with van der Waals surface area (Å²) in [5.74, 6) is -2.92. The summed E-state index contributed by atoms with van der Waals surface area (Å²) in [6.45, 7) is 2.99. The van der Waals surface area contributed by atoms with Crippen LogP contribution in [-0.4, -0.2) is 67.3 Å². The van der Waals surface area contributed by atoms with E-state index in [0.717, 1.165) is 0 Å². The third-order valence-corrected chi connectivity index (χ3v) is 10.4. The Hall–Kier alpha value is -5.02. The number of aliphatic hydroxyl groups excluding tert-OH is 2. The van der Waals surface area contributed by atoms with E-state index in [2.05, 4.69) is 5.32 Å². The number of hydrogen-bond donors (Lipinski definition) is 4. The summed E-state index contributed by atoms with van der Waals surface area (Å²) >= 11 is 0. The summed E-state index contributed by atoms with van der Waals surface area (Å²) in [4.78, 5) is 57.7. The Balaban J connectivity index is 1.18. The van der Waals surface area contributed by atoms with Crippen LogP contribution >= 0.6 is 0 Å². The first-order chi connectivity index (χ1) is 23.9. The number of benzene rings is 2. The van der Waals surface area contributed by atoms with E-state index in [0.29, 0.717) is 57.4 Å². The first-order valence-electron chi connectivity index (χ1n) is 16.3. The molecular formula is C36H32FN3O10. The Morgan fingerprint density at radius 3 is 2.62 bits per heavy atom. The zero-order valence-corrected chi connectivity index (χ0v) is 26.9. The number of cyclic esters (lactones) is 1. The van der Waals surface area contributed by atoms with Crippen molar-refractivity contribution in [1.29, 1.82) is 0 Å². The van der Waals surface area contributed by atoms with E-state index in [4.69, 9.17) is 19.2 Å². The number of pyridine rings is 2. The number of nitrogens with one attached hydrogen (secondary N) is 1. The molecule has 1 aliphatic carbocycles. The number of aromatic nitrogens is 2. The fourth-order valence-corrected chi connectivity index (χ4v) is 7.66. The van der Waals surface area contributed by atoms with Crippen molar-refractivity contribution in [3.8, 4) is 11.4 Å². The lowest BCUT2D eigenvalue weighted by Crippen LogP contribution is -2.44. The van der Waals surface area contributed by atoms with Crippen molar-refractivity contribution < 1.29 is 48.3 Å². The van der Waals surface area contributed by atoms with Gasteiger partial charge >= 0.3 is 11.9 Å². The van der Waals surface area contributed by atoms with E-state index >= 15 is 4.39 Å². The quantitative estimate of drug-likeness (QED) is 0.198. The Labute approximate surface area is 283 Å². The lowest BCUT2D eigenvalue weighted by molar-refractivity contribution is -0.172. The fourth-order valence-electron chi connectivity index (χ4n) is 7.66. The van der Waals surface area contributed by atoms with Crippen LogP contribution in [0.3, 0.4) is 0 Å². The van der Waals surface area contributed by atoms with Crippen molar-refractivity contribution in [2.75, 3.05) is 0 Å². The van der Waals surface area contributed by atoms with Crippen LogP contribution in [-0.2, 0) is 49.0 Å². The van der Waals surface area contributed by atoms with Gasteiger partial charge in [0.25, 0.3) is 11.5 Å². The highest BCUT2D eigenvalue weighted by Crippen LogP contribution is 2.46. The Kier molecular flexibility index (Phi) is 7.42. The molecule has 6 atom stereocenters. The molecule has 0 saturated carbocycles. The van der Waals surface area contributed by atoms with Crippen LogP contribution in [0.25, 0.3) is 22.3 Å². The lowest BCUT2D eigenvalue weighted by atomic mass is 9.81. The van der Waals surface area contributed by atoms with Gasteiger partial charge in [0.2, 0.25) is 6.29 Å². The van der Waals surface area contributed by atoms with Crippen molar-refractivity contribution in [2.45, 2.75) is 82.5 Å². The highest BCUT2D eigenvalue weighted by Gasteiger charge is 2.50. The van der Waals surface area contributed by atoms with E-state index < -0.39 is 65.5 Å². The van der Waals surface area contributed by atoms with Crippen LogP contribution in [0.15, 0.2) is 47.3 Å². The van der Waals surface area contributed by atoms with Gasteiger partial charge in [0.1, 0.15) is 24.6 Å². The maximum Gasteiger partial charge on any atom is 0.343 e. The maximum atomic E-state index is 15.3. The molecule has 1 unspecified atom stereocenters. The molecule has 14 heteroatoms. The van der Waals surface area contributed by atoms with E-state index in [1.807, 2.05) is 0 Å². The molecule has 0 radical (unpaired) electrons. The van der Waals surface area contributed by atoms with Crippen molar-refractivity contribution in [1.82, 2.24) is 14.9 Å². The number of aliphatic hydroxyl groups is 3. The highest BCUT2D eigenvalue weighted by molar-refractivity contribution is 5.94. The number of halogens is 1. The Morgan fingerprint density at radius 1 is 1.12 bits per heavy atom. The molecular weight excluding hydrogens is 653 g/mol. The average molecular weight is 686 g/mol. The largest absolute Gasteiger partial charge is 0.458 e. The summed E-state index contributed by atoms with van der Waals surface area (Å²) in [6, 6.07) is 10.1. The normalized spacial score (nSPS) is 26.2. The van der Waals surface area contributed by atoms with Crippen LogP contribution in [0.1, 0.15) is 69.5 Å². The Morgan fingerprint density at radius 2 is 1.88 bits per heavy atom. The van der Waals surface area contributed by atoms with E-state index in [1.165, 1.54) is 22.8 Å². The predicted octanol–water partition coefficient (Wildman–Crippen LogP) is 1.93. The second-order valence-electron chi connectivity index (χ2n) is 13.1. The van der Waals surface area contributed by atoms with Crippen LogP contribution < -0.4 is 10.9 Å². The molecule has 0 spiro atoms. The molecule has 5 heterocycles. The van der Waals surface area contributed by atoms with Gasteiger partial charge in [0.15, 0.2) is 11.7 Å². The monoisotopic (exact) mass is 685 g/mol. The molecule has 4 N–H and O–H groups in total. The van der Waals surface area contributed by atoms with Crippen molar-refractivity contribution in [3.05, 3.63) is 97.6 Å². The lowest BCUT2D eigenvalue weighted by Gasteiger charge is -2.31. The number of aryl methyl sites for hydroxylation is 1. The second kappa shape index (κ2) is 11.5. The van der Waals surface area contributed by atoms with E-state index in [9.17, 15) is 34.5 Å². The molecule has 8 rings (SSSR count). The minimum Gasteiger partial charge on any atom is -0.458 e. The smallest absolute Gasteiger partial charge is 0.343 e. The summed E-state index contributed by atoms with van der Waals surface area (Å²) in [7, 11) is 0. The predicted molar refractivity (Wildman–Crippen MR) is 171 cm³/mol. The SMILES string of the molecule is CC[C@@]1(O)C(=O)OCc2c1cc1n(c2=O)Cc2c-1nc1cc(F)c(C)c3c1c2[C@@H](NC(=O)[C@H]1OC(OC(=O)c2ccccc2)[C@H](O)[C@@H]1O)CC3. The van der Waals surface area contributed by atoms with Crippen LogP contribution in [0.5, 0.6) is 0 Å². The summed E-state index contributed by atoms with van der Waals surface area (Å²) < 4.78 is 32.8. The zero-order valence-electron chi connectivity index (χ0n) is 26.9. The number of esters is 2. The number of hydrogen-bond acceptors (Lipinski definition) is 11. The molecule has 4 aliphatic rings. The molecule has 13 nitrogen and oxygen atoms in total. The molecule has 1 saturated heterocycles. The molecule has 2 aromatic heterocycles. The van der Waals surface area contributed by atoms with Crippen LogP contribution in [0.4, 0.5) is 4.39 Å². The first-order valence-corrected chi connectivity index (χ1v) is 16.3. The number of carbonyl (C=O) groups excluding carboxylic acids is 3. The topological polar surface area (TPSA) is 187 Å². The van der Waals surface area contributed by atoms with Gasteiger partial charge in [-0.3, -0.25) is 9.59 Å². The molecule has 4 aromatic rings. The molecule has 1 amide bonds. The zero-order chi connectivity index (χ0) is 35.2. The maximum absolute atomic E-state index is 15.3. The summed E-state index contributed by atoms with van der Waals surface area (Å²) in [5.41, 5.74) is 1.22. The first kappa shape index (κ1) is 32.2. The number of carbonyl (C=O) groups is 3. The van der Waals surface area contributed by atoms with Gasteiger partial charge in [0.05, 0.1) is 40.6 Å². The van der Waals surface area contributed by atoms with Gasteiger partial charge < -0.3 is 39.4 Å². The molecule has 50 heavy (non-hydrogen) atoms. The third kappa shape index (κ3) is 4.62. The van der Waals surface area contributed by atoms with Crippen LogP contribution in [0.2, 0.25) is 0 Å². The number of fused-ring (bicyclic) bond motifs is 5. The summed E-state index contributed by atoms with van der Waals surface area (Å²) in [6.07, 6.45) is -6.01. The average Bonchev–Trinajstić information content (AvgIpc) is 3.62. The molecule has 1 fully saturated rings. The molecule has 258 valence electrons. The van der Waals surface area contributed by atoms with Crippen molar-refractivity contribution in [3.63, 3.8) is 0 Å². The molecule has 2 aromatic carbocycles. The van der Waals surface area contributed by atoms with E-state index in [1.54, 1.807) is 38.1 Å². The highest BCUT2D eigenvalue weighted by atomic mass is 19.1. The van der Waals surface area contributed by atoms with Crippen LogP contribution in [0, 0.1) is 12.7 Å². The molecule has 3 aliphatic heterocycles. The number of ether oxygens (including phenoxy) is 3. The minimum absolute atomic E-state index is 0.0363. The molecule has 0 bridgehead atoms. The van der Waals surface area contributed by atoms with Gasteiger partial charge in [0, 0.05) is 22.6 Å². The van der Waals surface area contributed by atoms with Gasteiger partial charge in [-0.25, -0.2) is 19.0 Å². The fraction of sp³-hybridized carbons (Fsp3) is 0.361. The minimum atomic E-state index is -2.04. The van der Waals surface area contributed by atoms with Gasteiger partial charge in [-0.15, -0.1) is 0 Å². The van der Waals surface area contributed by atoms with Gasteiger partial charge in [-0.1, -0.05) is 25.1 Å². The number of nitrogens with zero attached hydrogens (tertiary/aromatic N) is 2. The van der Waals surface area contributed by atoms with Gasteiger partial charge in [-0.2, -0.15) is 0 Å². The van der Waals surface area contributed by atoms with Gasteiger partial charge in [-0.05, 0) is 61.1 Å². The standard InChI is InChI=1S/C36H32FN3O10/c1-3-36(47)20-11-24-27-18(13-40(24)32(44)19(20)14-48-35(36)46)26-22(10-9-17-15(2)21(37)12-23(38-27)25(17)26)39-31(43)30-28(41)29(42)34(49-30)50-33(45)16-7-5-4-6-8-16/h4-8,11-12,22,28-30,34,41-42,47H,3,9-10,13-14H2,1-2H3,(H,39,43)/t22-,28-,29+,30-,34?,36-/m0/s1. The van der Waals surface area contributed by atoms with Crippen molar-refractivity contribution >= 4 is 28.7 Å². The number of rotatable bonds is 5. The Bertz CT molecular complexity index is 2200. The summed E-state index contributed by atoms with van der Waals surface area (Å²) in [5, 5.41) is 36.3. The third-order valence-electron chi connectivity index (χ3n) is 10.4. The second-order valence-corrected chi connectivity index (χ2v) is 13.1. The van der Waals surface area contributed by atoms with E-state index in [-0.39, 0.29) is 36.3 Å².